The van der Waals surface area contributed by atoms with Gasteiger partial charge in [0.1, 0.15) is 0 Å². The lowest BCUT2D eigenvalue weighted by Crippen LogP contribution is -2.53. The molecule has 7 heteroatoms. The lowest BCUT2D eigenvalue weighted by molar-refractivity contribution is -0.136. The van der Waals surface area contributed by atoms with Crippen LogP contribution in [0.1, 0.15) is 39.2 Å². The van der Waals surface area contributed by atoms with Gasteiger partial charge in [-0.25, -0.2) is 4.79 Å². The number of likely N-dealkylation sites (tertiary alicyclic amines) is 1. The molecule has 0 unspecified atom stereocenters. The Morgan fingerprint density at radius 2 is 2.06 bits per heavy atom. The van der Waals surface area contributed by atoms with Crippen molar-refractivity contribution >= 4 is 42.6 Å². The van der Waals surface area contributed by atoms with Gasteiger partial charge in [-0.05, 0) is 77.8 Å². The molecular formula is C26H37IN2O3Si. The predicted octanol–water partition coefficient (Wildman–Crippen LogP) is 5.64. The second-order valence-electron chi connectivity index (χ2n) is 11.0. The topological polar surface area (TPSA) is 50.8 Å². The second kappa shape index (κ2) is 9.13. The van der Waals surface area contributed by atoms with E-state index in [0.717, 1.165) is 37.2 Å². The van der Waals surface area contributed by atoms with Crippen LogP contribution in [-0.4, -0.2) is 58.1 Å². The Hall–Kier alpha value is -1.16. The van der Waals surface area contributed by atoms with Crippen molar-refractivity contribution in [1.29, 1.82) is 0 Å². The van der Waals surface area contributed by atoms with Crippen LogP contribution in [0.5, 0.6) is 0 Å². The molecule has 0 aromatic heterocycles. The third-order valence-corrected chi connectivity index (χ3v) is 13.6. The van der Waals surface area contributed by atoms with Gasteiger partial charge in [-0.1, -0.05) is 45.0 Å². The van der Waals surface area contributed by atoms with E-state index in [9.17, 15) is 4.79 Å². The van der Waals surface area contributed by atoms with Crippen LogP contribution in [0.15, 0.2) is 45.6 Å². The summed E-state index contributed by atoms with van der Waals surface area (Å²) >= 11 is 2.48. The van der Waals surface area contributed by atoms with E-state index in [4.69, 9.17) is 9.16 Å². The Morgan fingerprint density at radius 1 is 1.33 bits per heavy atom. The maximum Gasteiger partial charge on any atom is 0.335 e. The number of fused-ring (bicyclic) bond motifs is 1. The SMILES string of the molecule is COC(=O)C1=CC[C@@H]2N(C/C(I)=C/CO[Si](C)(C)C(C)(C)C)CC[C@@]23c2ccccc2N[C@@H]13. The first-order chi connectivity index (χ1) is 15.5. The molecule has 1 saturated heterocycles. The Bertz CT molecular complexity index is 984. The summed E-state index contributed by atoms with van der Waals surface area (Å²) in [6.07, 6.45) is 6.25. The highest BCUT2D eigenvalue weighted by molar-refractivity contribution is 14.1. The van der Waals surface area contributed by atoms with Crippen molar-refractivity contribution in [2.45, 2.75) is 69.2 Å². The third-order valence-electron chi connectivity index (χ3n) is 8.29. The first-order valence-corrected chi connectivity index (χ1v) is 15.9. The number of halogens is 1. The van der Waals surface area contributed by atoms with Gasteiger partial charge in [0.25, 0.3) is 0 Å². The van der Waals surface area contributed by atoms with Gasteiger partial charge in [0, 0.05) is 27.3 Å². The number of para-hydroxylation sites is 1. The number of rotatable bonds is 6. The average Bonchev–Trinajstić information content (AvgIpc) is 3.29. The van der Waals surface area contributed by atoms with E-state index in [1.165, 1.54) is 16.3 Å². The van der Waals surface area contributed by atoms with Gasteiger partial charge < -0.3 is 14.5 Å². The smallest absolute Gasteiger partial charge is 0.335 e. The van der Waals surface area contributed by atoms with E-state index >= 15 is 0 Å². The van der Waals surface area contributed by atoms with Crippen LogP contribution in [0, 0.1) is 0 Å². The van der Waals surface area contributed by atoms with Gasteiger partial charge in [-0.2, -0.15) is 0 Å². The molecule has 3 atom stereocenters. The molecule has 5 nitrogen and oxygen atoms in total. The molecular weight excluding hydrogens is 543 g/mol. The molecule has 2 heterocycles. The number of esters is 1. The van der Waals surface area contributed by atoms with Gasteiger partial charge in [0.05, 0.1) is 25.3 Å². The highest BCUT2D eigenvalue weighted by Gasteiger charge is 2.60. The molecule has 3 aliphatic rings. The number of hydrogen-bond acceptors (Lipinski definition) is 5. The predicted molar refractivity (Wildman–Crippen MR) is 145 cm³/mol. The zero-order valence-electron chi connectivity index (χ0n) is 20.7. The summed E-state index contributed by atoms with van der Waals surface area (Å²) in [5.41, 5.74) is 3.18. The average molecular weight is 581 g/mol. The minimum Gasteiger partial charge on any atom is -0.466 e. The molecule has 0 amide bonds. The summed E-state index contributed by atoms with van der Waals surface area (Å²) in [7, 11) is -0.270. The fourth-order valence-electron chi connectivity index (χ4n) is 5.48. The summed E-state index contributed by atoms with van der Waals surface area (Å²) in [6, 6.07) is 8.89. The molecule has 1 N–H and O–H groups in total. The normalized spacial score (nSPS) is 27.4. The van der Waals surface area contributed by atoms with E-state index in [1.54, 1.807) is 0 Å². The van der Waals surface area contributed by atoms with Gasteiger partial charge in [0.2, 0.25) is 0 Å². The molecule has 1 spiro atoms. The highest BCUT2D eigenvalue weighted by atomic mass is 127. The van der Waals surface area contributed by atoms with Gasteiger partial charge in [0.15, 0.2) is 8.32 Å². The largest absolute Gasteiger partial charge is 0.466 e. The van der Waals surface area contributed by atoms with Gasteiger partial charge in [-0.15, -0.1) is 0 Å². The maximum absolute atomic E-state index is 12.6. The number of nitrogens with zero attached hydrogens (tertiary/aromatic N) is 1. The quantitative estimate of drug-likeness (QED) is 0.268. The standard InChI is InChI=1S/C26H37IN2O3Si/c1-25(2,3)33(5,6)32-16-13-18(27)17-29-15-14-26-20-9-7-8-10-21(20)28-23(26)19(24(30)31-4)11-12-22(26)29/h7-11,13,22-23,28H,12,14-17H2,1-6H3/b18-13-/t22-,23-,26+/m0/s1. The van der Waals surface area contributed by atoms with Crippen LogP contribution in [-0.2, 0) is 19.4 Å². The highest BCUT2D eigenvalue weighted by Crippen LogP contribution is 2.55. The number of carbonyl (C=O) groups excluding carboxylic acids is 1. The summed E-state index contributed by atoms with van der Waals surface area (Å²) in [4.78, 5) is 15.2. The van der Waals surface area contributed by atoms with Crippen molar-refractivity contribution in [3.63, 3.8) is 0 Å². The Morgan fingerprint density at radius 3 is 2.76 bits per heavy atom. The summed E-state index contributed by atoms with van der Waals surface area (Å²) in [5.74, 6) is -0.214. The molecule has 1 fully saturated rings. The molecule has 1 aromatic rings. The number of anilines is 1. The van der Waals surface area contributed by atoms with Crippen molar-refractivity contribution in [3.8, 4) is 0 Å². The minimum absolute atomic E-state index is 0.0327. The van der Waals surface area contributed by atoms with Crippen LogP contribution in [0.2, 0.25) is 18.1 Å². The van der Waals surface area contributed by atoms with E-state index < -0.39 is 8.32 Å². The zero-order valence-corrected chi connectivity index (χ0v) is 23.9. The van der Waals surface area contributed by atoms with Crippen molar-refractivity contribution in [1.82, 2.24) is 4.90 Å². The lowest BCUT2D eigenvalue weighted by atomic mass is 9.65. The van der Waals surface area contributed by atoms with E-state index in [0.29, 0.717) is 12.6 Å². The molecule has 33 heavy (non-hydrogen) atoms. The molecule has 1 aromatic carbocycles. The monoisotopic (exact) mass is 580 g/mol. The number of ether oxygens (including phenoxy) is 1. The molecule has 180 valence electrons. The van der Waals surface area contributed by atoms with E-state index in [-0.39, 0.29) is 22.5 Å². The van der Waals surface area contributed by atoms with Gasteiger partial charge in [-0.3, -0.25) is 4.90 Å². The third kappa shape index (κ3) is 4.34. The first-order valence-electron chi connectivity index (χ1n) is 11.9. The molecule has 1 aliphatic carbocycles. The molecule has 0 radical (unpaired) electrons. The molecule has 2 aliphatic heterocycles. The number of benzene rings is 1. The number of hydrogen-bond donors (Lipinski definition) is 1. The minimum atomic E-state index is -1.75. The fraction of sp³-hybridized carbons (Fsp3) is 0.577. The van der Waals surface area contributed by atoms with Crippen LogP contribution >= 0.6 is 22.6 Å². The number of nitrogens with one attached hydrogen (secondary N) is 1. The van der Waals surface area contributed by atoms with Crippen LogP contribution < -0.4 is 5.32 Å². The molecule has 0 bridgehead atoms. The van der Waals surface area contributed by atoms with Crippen molar-refractivity contribution in [3.05, 3.63) is 51.1 Å². The maximum atomic E-state index is 12.6. The zero-order chi connectivity index (χ0) is 24.0. The van der Waals surface area contributed by atoms with Crippen LogP contribution in [0.3, 0.4) is 0 Å². The Balaban J connectivity index is 1.54. The second-order valence-corrected chi connectivity index (χ2v) is 17.2. The van der Waals surface area contributed by atoms with E-state index in [2.05, 4.69) is 103 Å². The van der Waals surface area contributed by atoms with Crippen LogP contribution in [0.4, 0.5) is 5.69 Å². The number of methoxy groups -OCH3 is 1. The van der Waals surface area contributed by atoms with Crippen molar-refractivity contribution in [2.24, 2.45) is 0 Å². The Kier molecular flexibility index (Phi) is 6.90. The van der Waals surface area contributed by atoms with Crippen molar-refractivity contribution < 1.29 is 14.0 Å². The summed E-state index contributed by atoms with van der Waals surface area (Å²) in [6.45, 7) is 14.1. The number of carbonyl (C=O) groups is 1. The lowest BCUT2D eigenvalue weighted by Gasteiger charge is -2.43. The van der Waals surface area contributed by atoms with Gasteiger partial charge >= 0.3 is 5.97 Å². The first kappa shape index (κ1) is 24.9. The fourth-order valence-corrected chi connectivity index (χ4v) is 7.03. The van der Waals surface area contributed by atoms with Crippen LogP contribution in [0.25, 0.3) is 0 Å². The molecule has 0 saturated carbocycles. The summed E-state index contributed by atoms with van der Waals surface area (Å²) in [5, 5.41) is 3.89. The summed E-state index contributed by atoms with van der Waals surface area (Å²) < 4.78 is 12.8. The molecule has 4 rings (SSSR count). The van der Waals surface area contributed by atoms with E-state index in [1.807, 2.05) is 0 Å². The van der Waals surface area contributed by atoms with Crippen molar-refractivity contribution in [2.75, 3.05) is 32.1 Å². The Labute approximate surface area is 213 Å².